The van der Waals surface area contributed by atoms with Crippen molar-refractivity contribution in [2.45, 2.75) is 13.8 Å². The number of nitrogen functional groups attached to an aromatic ring is 1. The Kier molecular flexibility index (Phi) is 2.71. The zero-order valence-electron chi connectivity index (χ0n) is 10.5. The summed E-state index contributed by atoms with van der Waals surface area (Å²) in [6.07, 6.45) is 0. The van der Waals surface area contributed by atoms with Crippen LogP contribution in [0.2, 0.25) is 5.02 Å². The van der Waals surface area contributed by atoms with Gasteiger partial charge in [0.25, 0.3) is 0 Å². The van der Waals surface area contributed by atoms with E-state index >= 15 is 0 Å². The van der Waals surface area contributed by atoms with Crippen LogP contribution >= 0.6 is 11.6 Å². The van der Waals surface area contributed by atoms with Crippen LogP contribution in [0.3, 0.4) is 0 Å². The average Bonchev–Trinajstić information content (AvgIpc) is 2.84. The molecule has 98 valence electrons. The van der Waals surface area contributed by atoms with Gasteiger partial charge in [0.15, 0.2) is 17.3 Å². The summed E-state index contributed by atoms with van der Waals surface area (Å²) in [5.74, 6) is 2.15. The molecule has 2 N–H and O–H groups in total. The Hall–Kier alpha value is -2.01. The fourth-order valence-electron chi connectivity index (χ4n) is 1.88. The van der Waals surface area contributed by atoms with Gasteiger partial charge in [-0.25, -0.2) is 9.97 Å². The number of aromatic nitrogens is 2. The first-order chi connectivity index (χ1) is 9.06. The minimum Gasteiger partial charge on any atom is -0.454 e. The minimum absolute atomic E-state index is 0.175. The van der Waals surface area contributed by atoms with Gasteiger partial charge in [-0.1, -0.05) is 11.6 Å². The Morgan fingerprint density at radius 2 is 2.00 bits per heavy atom. The number of hydrogen-bond donors (Lipinski definition) is 1. The van der Waals surface area contributed by atoms with Gasteiger partial charge in [0.05, 0.1) is 5.02 Å². The fraction of sp³-hybridized carbons (Fsp3) is 0.231. The van der Waals surface area contributed by atoms with Crippen molar-refractivity contribution >= 4 is 17.4 Å². The average molecular weight is 278 g/mol. The molecule has 2 heterocycles. The van der Waals surface area contributed by atoms with Gasteiger partial charge in [-0.3, -0.25) is 0 Å². The maximum absolute atomic E-state index is 6.14. The van der Waals surface area contributed by atoms with Crippen molar-refractivity contribution < 1.29 is 9.47 Å². The van der Waals surface area contributed by atoms with Crippen molar-refractivity contribution in [3.05, 3.63) is 28.4 Å². The highest BCUT2D eigenvalue weighted by molar-refractivity contribution is 6.32. The van der Waals surface area contributed by atoms with E-state index in [0.717, 1.165) is 16.8 Å². The van der Waals surface area contributed by atoms with Crippen LogP contribution in [0.1, 0.15) is 11.3 Å². The number of hydrogen-bond acceptors (Lipinski definition) is 5. The van der Waals surface area contributed by atoms with Crippen molar-refractivity contribution in [2.24, 2.45) is 0 Å². The molecule has 2 aromatic rings. The van der Waals surface area contributed by atoms with E-state index in [9.17, 15) is 0 Å². The third kappa shape index (κ3) is 1.96. The van der Waals surface area contributed by atoms with E-state index in [1.165, 1.54) is 0 Å². The molecule has 0 atom stereocenters. The highest BCUT2D eigenvalue weighted by Gasteiger charge is 2.20. The number of nitrogens with zero attached hydrogens (tertiary/aromatic N) is 2. The standard InChI is InChI=1S/C13H12ClN3O2/c1-6-7(2)16-13(17-12(6)15)8-3-9(14)11-10(4-8)18-5-19-11/h3-4H,5H2,1-2H3,(H2,15,16,17). The Balaban J connectivity index is 2.15. The topological polar surface area (TPSA) is 70.3 Å². The number of rotatable bonds is 1. The van der Waals surface area contributed by atoms with E-state index < -0.39 is 0 Å². The molecule has 0 saturated heterocycles. The third-order valence-electron chi connectivity index (χ3n) is 3.11. The number of fused-ring (bicyclic) bond motifs is 1. The molecular formula is C13H12ClN3O2. The molecule has 19 heavy (non-hydrogen) atoms. The monoisotopic (exact) mass is 277 g/mol. The van der Waals surface area contributed by atoms with Gasteiger partial charge in [0, 0.05) is 16.8 Å². The molecule has 0 amide bonds. The van der Waals surface area contributed by atoms with Crippen LogP contribution in [0, 0.1) is 13.8 Å². The quantitative estimate of drug-likeness (QED) is 0.868. The Labute approximate surface area is 115 Å². The van der Waals surface area contributed by atoms with E-state index in [-0.39, 0.29) is 6.79 Å². The summed E-state index contributed by atoms with van der Waals surface area (Å²) in [5, 5.41) is 0.477. The molecule has 0 radical (unpaired) electrons. The van der Waals surface area contributed by atoms with Gasteiger partial charge in [-0.2, -0.15) is 0 Å². The number of nitrogens with two attached hydrogens (primary N) is 1. The largest absolute Gasteiger partial charge is 0.454 e. The predicted octanol–water partition coefficient (Wildman–Crippen LogP) is 2.72. The molecule has 1 aliphatic rings. The van der Waals surface area contributed by atoms with Gasteiger partial charge in [0.1, 0.15) is 5.82 Å². The highest BCUT2D eigenvalue weighted by atomic mass is 35.5. The molecule has 5 nitrogen and oxygen atoms in total. The molecule has 0 unspecified atom stereocenters. The van der Waals surface area contributed by atoms with Crippen molar-refractivity contribution in [1.29, 1.82) is 0 Å². The van der Waals surface area contributed by atoms with E-state index in [1.54, 1.807) is 12.1 Å². The van der Waals surface area contributed by atoms with E-state index in [1.807, 2.05) is 13.8 Å². The predicted molar refractivity (Wildman–Crippen MR) is 72.5 cm³/mol. The zero-order valence-corrected chi connectivity index (χ0v) is 11.3. The number of aryl methyl sites for hydroxylation is 1. The maximum Gasteiger partial charge on any atom is 0.231 e. The van der Waals surface area contributed by atoms with Crippen LogP contribution in [0.5, 0.6) is 11.5 Å². The van der Waals surface area contributed by atoms with Gasteiger partial charge < -0.3 is 15.2 Å². The molecular weight excluding hydrogens is 266 g/mol. The smallest absolute Gasteiger partial charge is 0.231 e. The van der Waals surface area contributed by atoms with Gasteiger partial charge in [-0.05, 0) is 26.0 Å². The van der Waals surface area contributed by atoms with Crippen LogP contribution in [0.15, 0.2) is 12.1 Å². The lowest BCUT2D eigenvalue weighted by Gasteiger charge is -2.08. The first-order valence-corrected chi connectivity index (χ1v) is 6.14. The number of ether oxygens (including phenoxy) is 2. The summed E-state index contributed by atoms with van der Waals surface area (Å²) >= 11 is 6.14. The Morgan fingerprint density at radius 1 is 1.21 bits per heavy atom. The van der Waals surface area contributed by atoms with Crippen molar-refractivity contribution in [2.75, 3.05) is 12.5 Å². The summed E-state index contributed by atoms with van der Waals surface area (Å²) in [5.41, 5.74) is 8.35. The van der Waals surface area contributed by atoms with E-state index in [4.69, 9.17) is 26.8 Å². The second kappa shape index (κ2) is 4.28. The molecule has 1 aliphatic heterocycles. The summed E-state index contributed by atoms with van der Waals surface area (Å²) in [7, 11) is 0. The molecule has 0 bridgehead atoms. The summed E-state index contributed by atoms with van der Waals surface area (Å²) in [4.78, 5) is 8.71. The molecule has 0 spiro atoms. The van der Waals surface area contributed by atoms with E-state index in [0.29, 0.717) is 28.2 Å². The van der Waals surface area contributed by atoms with Crippen LogP contribution in [-0.2, 0) is 0 Å². The minimum atomic E-state index is 0.175. The highest BCUT2D eigenvalue weighted by Crippen LogP contribution is 2.41. The Morgan fingerprint density at radius 3 is 2.74 bits per heavy atom. The molecule has 0 fully saturated rings. The van der Waals surface area contributed by atoms with Crippen molar-refractivity contribution in [1.82, 2.24) is 9.97 Å². The fourth-order valence-corrected chi connectivity index (χ4v) is 2.14. The SMILES string of the molecule is Cc1nc(-c2cc(Cl)c3c(c2)OCO3)nc(N)c1C. The summed E-state index contributed by atoms with van der Waals surface area (Å²) in [6.45, 7) is 3.96. The number of anilines is 1. The lowest BCUT2D eigenvalue weighted by atomic mass is 10.1. The van der Waals surface area contributed by atoms with Crippen molar-refractivity contribution in [3.63, 3.8) is 0 Å². The second-order valence-corrected chi connectivity index (χ2v) is 4.74. The number of benzene rings is 1. The zero-order chi connectivity index (χ0) is 13.6. The van der Waals surface area contributed by atoms with Gasteiger partial charge >= 0.3 is 0 Å². The lowest BCUT2D eigenvalue weighted by Crippen LogP contribution is -2.02. The van der Waals surface area contributed by atoms with Crippen molar-refractivity contribution in [3.8, 4) is 22.9 Å². The molecule has 0 aliphatic carbocycles. The van der Waals surface area contributed by atoms with E-state index in [2.05, 4.69) is 9.97 Å². The first-order valence-electron chi connectivity index (χ1n) is 5.76. The summed E-state index contributed by atoms with van der Waals surface area (Å²) < 4.78 is 10.6. The number of halogens is 1. The van der Waals surface area contributed by atoms with Crippen LogP contribution in [0.4, 0.5) is 5.82 Å². The molecule has 1 aromatic carbocycles. The van der Waals surface area contributed by atoms with Crippen LogP contribution < -0.4 is 15.2 Å². The maximum atomic E-state index is 6.14. The Bertz CT molecular complexity index is 650. The molecule has 0 saturated carbocycles. The first kappa shape index (κ1) is 12.0. The molecule has 1 aromatic heterocycles. The van der Waals surface area contributed by atoms with Crippen LogP contribution in [0.25, 0.3) is 11.4 Å². The third-order valence-corrected chi connectivity index (χ3v) is 3.39. The van der Waals surface area contributed by atoms with Gasteiger partial charge in [-0.15, -0.1) is 0 Å². The summed E-state index contributed by atoms with van der Waals surface area (Å²) in [6, 6.07) is 3.55. The van der Waals surface area contributed by atoms with Gasteiger partial charge in [0.2, 0.25) is 6.79 Å². The van der Waals surface area contributed by atoms with Crippen LogP contribution in [-0.4, -0.2) is 16.8 Å². The second-order valence-electron chi connectivity index (χ2n) is 4.33. The lowest BCUT2D eigenvalue weighted by molar-refractivity contribution is 0.174. The molecule has 3 rings (SSSR count). The normalized spacial score (nSPS) is 12.8. The molecule has 6 heteroatoms.